The van der Waals surface area contributed by atoms with E-state index in [-0.39, 0.29) is 21.8 Å². The Bertz CT molecular complexity index is 241. The molecule has 64 valence electrons. The molecule has 0 bridgehead atoms. The minimum atomic E-state index is -0.0545. The topological polar surface area (TPSA) is 0 Å². The molecule has 0 aromatic heterocycles. The summed E-state index contributed by atoms with van der Waals surface area (Å²) in [7, 11) is -0.109. The standard InChI is InChI=1S/C10H12S2/c1-2-6-11(5-1)9-10-12-7-3-4-8-12/h1-12H. The fraction of sp³-hybridized carbons (Fsp3) is 0. The van der Waals surface area contributed by atoms with E-state index in [0.717, 1.165) is 0 Å². The van der Waals surface area contributed by atoms with Crippen LogP contribution in [-0.4, -0.2) is 0 Å². The number of thiol groups is 2. The molecule has 0 N–H and O–H groups in total. The van der Waals surface area contributed by atoms with Crippen LogP contribution in [0.1, 0.15) is 0 Å². The van der Waals surface area contributed by atoms with E-state index < -0.39 is 0 Å². The van der Waals surface area contributed by atoms with E-state index in [9.17, 15) is 0 Å². The van der Waals surface area contributed by atoms with E-state index in [1.165, 1.54) is 0 Å². The van der Waals surface area contributed by atoms with Crippen LogP contribution in [0.4, 0.5) is 0 Å². The molecular weight excluding hydrogens is 184 g/mol. The highest BCUT2D eigenvalue weighted by Gasteiger charge is 1.95. The molecule has 0 aliphatic carbocycles. The minimum Gasteiger partial charge on any atom is -0.192 e. The van der Waals surface area contributed by atoms with Crippen molar-refractivity contribution in [2.75, 3.05) is 0 Å². The van der Waals surface area contributed by atoms with E-state index in [4.69, 9.17) is 0 Å². The van der Waals surface area contributed by atoms with Crippen LogP contribution < -0.4 is 0 Å². The summed E-state index contributed by atoms with van der Waals surface area (Å²) in [6.07, 6.45) is 8.51. The Labute approximate surface area is 78.7 Å². The van der Waals surface area contributed by atoms with E-state index in [1.807, 2.05) is 0 Å². The highest BCUT2D eigenvalue weighted by Crippen LogP contribution is 2.40. The zero-order valence-corrected chi connectivity index (χ0v) is 8.46. The van der Waals surface area contributed by atoms with Crippen molar-refractivity contribution in [2.24, 2.45) is 0 Å². The Morgan fingerprint density at radius 1 is 0.583 bits per heavy atom. The highest BCUT2D eigenvalue weighted by atomic mass is 32.2. The molecule has 0 unspecified atom stereocenters. The van der Waals surface area contributed by atoms with Crippen LogP contribution in [0, 0.1) is 0 Å². The molecule has 0 radical (unpaired) electrons. The van der Waals surface area contributed by atoms with Crippen LogP contribution >= 0.6 is 21.8 Å². The third kappa shape index (κ3) is 1.96. The molecule has 0 nitrogen and oxygen atoms in total. The van der Waals surface area contributed by atoms with Crippen molar-refractivity contribution >= 4 is 21.8 Å². The summed E-state index contributed by atoms with van der Waals surface area (Å²) in [5, 5.41) is 13.7. The SMILES string of the molecule is C1=C[SH](C=C[SH]2C=CC=C2)C=C1. The van der Waals surface area contributed by atoms with Crippen molar-refractivity contribution < 1.29 is 0 Å². The van der Waals surface area contributed by atoms with Gasteiger partial charge >= 0.3 is 0 Å². The van der Waals surface area contributed by atoms with Gasteiger partial charge in [0.25, 0.3) is 0 Å². The summed E-state index contributed by atoms with van der Waals surface area (Å²) < 4.78 is 0. The maximum absolute atomic E-state index is 2.33. The van der Waals surface area contributed by atoms with Crippen LogP contribution in [0.15, 0.2) is 56.8 Å². The van der Waals surface area contributed by atoms with Crippen molar-refractivity contribution in [2.45, 2.75) is 0 Å². The van der Waals surface area contributed by atoms with Gasteiger partial charge in [-0.05, 0) is 32.4 Å². The predicted octanol–water partition coefficient (Wildman–Crippen LogP) is 3.54. The average Bonchev–Trinajstić information content (AvgIpc) is 2.74. The first-order valence-electron chi connectivity index (χ1n) is 3.88. The first-order chi connectivity index (χ1) is 5.95. The lowest BCUT2D eigenvalue weighted by Gasteiger charge is -2.05. The van der Waals surface area contributed by atoms with E-state index in [0.29, 0.717) is 0 Å². The molecule has 0 saturated heterocycles. The molecule has 2 aliphatic heterocycles. The first kappa shape index (κ1) is 8.02. The number of hydrogen-bond donors (Lipinski definition) is 2. The van der Waals surface area contributed by atoms with Crippen molar-refractivity contribution in [3.63, 3.8) is 0 Å². The zero-order valence-electron chi connectivity index (χ0n) is 6.67. The molecular formula is C10H12S2. The van der Waals surface area contributed by atoms with Crippen LogP contribution in [0.5, 0.6) is 0 Å². The fourth-order valence-corrected chi connectivity index (χ4v) is 4.07. The average molecular weight is 196 g/mol. The van der Waals surface area contributed by atoms with Crippen molar-refractivity contribution in [1.82, 2.24) is 0 Å². The summed E-state index contributed by atoms with van der Waals surface area (Å²) in [5.41, 5.74) is 0. The van der Waals surface area contributed by atoms with Crippen LogP contribution in [0.25, 0.3) is 0 Å². The van der Waals surface area contributed by atoms with Crippen molar-refractivity contribution in [3.05, 3.63) is 56.8 Å². The van der Waals surface area contributed by atoms with Gasteiger partial charge in [0.1, 0.15) is 0 Å². The van der Waals surface area contributed by atoms with Crippen molar-refractivity contribution in [1.29, 1.82) is 0 Å². The fourth-order valence-electron chi connectivity index (χ4n) is 1.05. The van der Waals surface area contributed by atoms with Gasteiger partial charge in [-0.3, -0.25) is 0 Å². The Morgan fingerprint density at radius 2 is 0.917 bits per heavy atom. The molecule has 2 heterocycles. The van der Waals surface area contributed by atoms with Gasteiger partial charge in [-0.25, -0.2) is 0 Å². The summed E-state index contributed by atoms with van der Waals surface area (Å²) in [4.78, 5) is 0. The van der Waals surface area contributed by atoms with E-state index in [2.05, 4.69) is 56.8 Å². The molecule has 0 amide bonds. The maximum Gasteiger partial charge on any atom is -0.0370 e. The smallest absolute Gasteiger partial charge is 0.0370 e. The number of hydrogen-bond acceptors (Lipinski definition) is 0. The normalized spacial score (nSPS) is 25.3. The van der Waals surface area contributed by atoms with Gasteiger partial charge in [0.15, 0.2) is 0 Å². The van der Waals surface area contributed by atoms with Gasteiger partial charge in [-0.15, -0.1) is 0 Å². The monoisotopic (exact) mass is 196 g/mol. The van der Waals surface area contributed by atoms with Gasteiger partial charge in [-0.1, -0.05) is 24.3 Å². The second-order valence-electron chi connectivity index (χ2n) is 2.56. The Hall–Kier alpha value is -0.600. The molecule has 0 aromatic rings. The van der Waals surface area contributed by atoms with Gasteiger partial charge in [-0.2, -0.15) is 21.8 Å². The number of allylic oxidation sites excluding steroid dienone is 4. The van der Waals surface area contributed by atoms with E-state index >= 15 is 0 Å². The zero-order chi connectivity index (χ0) is 8.23. The van der Waals surface area contributed by atoms with Crippen LogP contribution in [0.3, 0.4) is 0 Å². The van der Waals surface area contributed by atoms with Crippen molar-refractivity contribution in [3.8, 4) is 0 Å². The van der Waals surface area contributed by atoms with Crippen LogP contribution in [-0.2, 0) is 0 Å². The molecule has 0 fully saturated rings. The largest absolute Gasteiger partial charge is 0.192 e. The third-order valence-electron chi connectivity index (χ3n) is 1.67. The Morgan fingerprint density at radius 3 is 1.25 bits per heavy atom. The van der Waals surface area contributed by atoms with Crippen LogP contribution in [0.2, 0.25) is 0 Å². The van der Waals surface area contributed by atoms with E-state index in [1.54, 1.807) is 0 Å². The molecule has 2 rings (SSSR count). The molecule has 0 spiro atoms. The molecule has 0 aromatic carbocycles. The molecule has 2 aliphatic rings. The second kappa shape index (κ2) is 3.87. The van der Waals surface area contributed by atoms with Gasteiger partial charge < -0.3 is 0 Å². The van der Waals surface area contributed by atoms with Gasteiger partial charge in [0.05, 0.1) is 0 Å². The second-order valence-corrected chi connectivity index (χ2v) is 6.14. The highest BCUT2D eigenvalue weighted by molar-refractivity contribution is 8.27. The molecule has 12 heavy (non-hydrogen) atoms. The van der Waals surface area contributed by atoms with Gasteiger partial charge in [0.2, 0.25) is 0 Å². The lowest BCUT2D eigenvalue weighted by molar-refractivity contribution is 2.15. The summed E-state index contributed by atoms with van der Waals surface area (Å²) in [6.45, 7) is 0. The Balaban J connectivity index is 1.93. The summed E-state index contributed by atoms with van der Waals surface area (Å²) in [6, 6.07) is 0. The lowest BCUT2D eigenvalue weighted by atomic mass is 10.6. The lowest BCUT2D eigenvalue weighted by Crippen LogP contribution is -1.59. The third-order valence-corrected chi connectivity index (χ3v) is 4.95. The molecule has 0 saturated carbocycles. The minimum absolute atomic E-state index is 0.0545. The van der Waals surface area contributed by atoms with Gasteiger partial charge in [0, 0.05) is 0 Å². The quantitative estimate of drug-likeness (QED) is 0.620. The predicted molar refractivity (Wildman–Crippen MR) is 63.7 cm³/mol. The molecule has 0 atom stereocenters. The summed E-state index contributed by atoms with van der Waals surface area (Å²) in [5.74, 6) is 0. The Kier molecular flexibility index (Phi) is 2.59. The number of rotatable bonds is 2. The molecule has 2 heteroatoms. The first-order valence-corrected chi connectivity index (χ1v) is 6.98. The maximum atomic E-state index is 2.33. The summed E-state index contributed by atoms with van der Waals surface area (Å²) >= 11 is 0.